The molecule has 0 heterocycles. The van der Waals surface area contributed by atoms with E-state index in [-0.39, 0.29) is 5.82 Å². The van der Waals surface area contributed by atoms with Crippen molar-refractivity contribution < 1.29 is 4.39 Å². The summed E-state index contributed by atoms with van der Waals surface area (Å²) in [6.07, 6.45) is 0. The number of nitrogens with one attached hydrogen (secondary N) is 1. The summed E-state index contributed by atoms with van der Waals surface area (Å²) < 4.78 is 14.4. The zero-order valence-electron chi connectivity index (χ0n) is 9.50. The summed E-state index contributed by atoms with van der Waals surface area (Å²) in [6, 6.07) is 12.8. The van der Waals surface area contributed by atoms with Crippen molar-refractivity contribution >= 4 is 21.6 Å². The zero-order chi connectivity index (χ0) is 12.3. The molecular formula is C14H13BrFN. The van der Waals surface area contributed by atoms with Crippen LogP contribution in [0.25, 0.3) is 0 Å². The van der Waals surface area contributed by atoms with Gasteiger partial charge in [-0.2, -0.15) is 0 Å². The number of hydrogen-bond acceptors (Lipinski definition) is 1. The number of hydrogen-bond donors (Lipinski definition) is 1. The number of anilines is 1. The van der Waals surface area contributed by atoms with Crippen molar-refractivity contribution in [1.29, 1.82) is 0 Å². The molecule has 2 aromatic rings. The van der Waals surface area contributed by atoms with Crippen LogP contribution in [0.4, 0.5) is 10.1 Å². The van der Waals surface area contributed by atoms with E-state index in [0.717, 1.165) is 15.7 Å². The minimum absolute atomic E-state index is 0.174. The average Bonchev–Trinajstić information content (AvgIpc) is 2.27. The SMILES string of the molecule is Cc1cc(Br)cc(NCc2ccccc2F)c1. The van der Waals surface area contributed by atoms with Crippen LogP contribution in [0, 0.1) is 12.7 Å². The molecule has 0 atom stereocenters. The van der Waals surface area contributed by atoms with Gasteiger partial charge in [-0.05, 0) is 36.8 Å². The molecule has 3 heteroatoms. The third kappa shape index (κ3) is 3.30. The molecule has 0 fully saturated rings. The Balaban J connectivity index is 2.10. The Kier molecular flexibility index (Phi) is 3.79. The fourth-order valence-corrected chi connectivity index (χ4v) is 2.29. The smallest absolute Gasteiger partial charge is 0.128 e. The molecule has 1 nitrogen and oxygen atoms in total. The first-order valence-corrected chi connectivity index (χ1v) is 6.19. The van der Waals surface area contributed by atoms with Crippen LogP contribution >= 0.6 is 15.9 Å². The molecule has 0 aliphatic rings. The Hall–Kier alpha value is -1.35. The molecular weight excluding hydrogens is 281 g/mol. The predicted molar refractivity (Wildman–Crippen MR) is 72.6 cm³/mol. The van der Waals surface area contributed by atoms with Gasteiger partial charge < -0.3 is 5.32 Å². The topological polar surface area (TPSA) is 12.0 Å². The van der Waals surface area contributed by atoms with Crippen molar-refractivity contribution in [2.24, 2.45) is 0 Å². The summed E-state index contributed by atoms with van der Waals surface area (Å²) in [4.78, 5) is 0. The molecule has 0 amide bonds. The molecule has 0 saturated carbocycles. The van der Waals surface area contributed by atoms with Crippen LogP contribution in [0.5, 0.6) is 0 Å². The van der Waals surface area contributed by atoms with Gasteiger partial charge in [-0.1, -0.05) is 34.1 Å². The first-order chi connectivity index (χ1) is 8.15. The molecule has 0 radical (unpaired) electrons. The second-order valence-corrected chi connectivity index (χ2v) is 4.88. The highest BCUT2D eigenvalue weighted by atomic mass is 79.9. The molecule has 17 heavy (non-hydrogen) atoms. The number of benzene rings is 2. The first kappa shape index (κ1) is 12.1. The monoisotopic (exact) mass is 293 g/mol. The second-order valence-electron chi connectivity index (χ2n) is 3.96. The molecule has 0 aliphatic heterocycles. The van der Waals surface area contributed by atoms with E-state index < -0.39 is 0 Å². The summed E-state index contributed by atoms with van der Waals surface area (Å²) in [5.41, 5.74) is 2.82. The van der Waals surface area contributed by atoms with Crippen LogP contribution in [-0.2, 0) is 6.54 Å². The lowest BCUT2D eigenvalue weighted by Crippen LogP contribution is -2.01. The largest absolute Gasteiger partial charge is 0.381 e. The third-order valence-corrected chi connectivity index (χ3v) is 2.94. The lowest BCUT2D eigenvalue weighted by atomic mass is 10.2. The molecule has 0 unspecified atom stereocenters. The molecule has 88 valence electrons. The Labute approximate surface area is 109 Å². The van der Waals surface area contributed by atoms with Crippen molar-refractivity contribution in [3.63, 3.8) is 0 Å². The molecule has 0 saturated heterocycles. The summed E-state index contributed by atoms with van der Waals surface area (Å²) in [7, 11) is 0. The predicted octanol–water partition coefficient (Wildman–Crippen LogP) is 4.51. The minimum Gasteiger partial charge on any atom is -0.381 e. The number of halogens is 2. The normalized spacial score (nSPS) is 10.3. The van der Waals surface area contributed by atoms with Crippen LogP contribution in [0.15, 0.2) is 46.9 Å². The molecule has 2 rings (SSSR count). The highest BCUT2D eigenvalue weighted by Crippen LogP contribution is 2.20. The molecule has 2 aromatic carbocycles. The maximum Gasteiger partial charge on any atom is 0.128 e. The Morgan fingerprint density at radius 2 is 1.94 bits per heavy atom. The first-order valence-electron chi connectivity index (χ1n) is 5.39. The van der Waals surface area contributed by atoms with Crippen molar-refractivity contribution in [1.82, 2.24) is 0 Å². The highest BCUT2D eigenvalue weighted by Gasteiger charge is 2.01. The fourth-order valence-electron chi connectivity index (χ4n) is 1.68. The third-order valence-electron chi connectivity index (χ3n) is 2.48. The van der Waals surface area contributed by atoms with Crippen LogP contribution in [-0.4, -0.2) is 0 Å². The highest BCUT2D eigenvalue weighted by molar-refractivity contribution is 9.10. The van der Waals surface area contributed by atoms with E-state index in [1.165, 1.54) is 6.07 Å². The summed E-state index contributed by atoms with van der Waals surface area (Å²) in [6.45, 7) is 2.52. The van der Waals surface area contributed by atoms with E-state index in [0.29, 0.717) is 12.1 Å². The van der Waals surface area contributed by atoms with Crippen molar-refractivity contribution in [2.45, 2.75) is 13.5 Å². The van der Waals surface area contributed by atoms with E-state index in [9.17, 15) is 4.39 Å². The maximum absolute atomic E-state index is 13.4. The van der Waals surface area contributed by atoms with E-state index in [1.54, 1.807) is 12.1 Å². The Morgan fingerprint density at radius 3 is 2.65 bits per heavy atom. The lowest BCUT2D eigenvalue weighted by Gasteiger charge is -2.08. The quantitative estimate of drug-likeness (QED) is 0.878. The zero-order valence-corrected chi connectivity index (χ0v) is 11.1. The standard InChI is InChI=1S/C14H13BrFN/c1-10-6-12(15)8-13(7-10)17-9-11-4-2-3-5-14(11)16/h2-8,17H,9H2,1H3. The van der Waals surface area contributed by atoms with Gasteiger partial charge >= 0.3 is 0 Å². The van der Waals surface area contributed by atoms with Gasteiger partial charge in [0.25, 0.3) is 0 Å². The minimum atomic E-state index is -0.174. The van der Waals surface area contributed by atoms with E-state index >= 15 is 0 Å². The molecule has 0 aliphatic carbocycles. The van der Waals surface area contributed by atoms with Gasteiger partial charge in [0.05, 0.1) is 0 Å². The Morgan fingerprint density at radius 1 is 1.18 bits per heavy atom. The van der Waals surface area contributed by atoms with Gasteiger partial charge in [0.2, 0.25) is 0 Å². The van der Waals surface area contributed by atoms with E-state index in [1.807, 2.05) is 31.2 Å². The van der Waals surface area contributed by atoms with Crippen LogP contribution in [0.2, 0.25) is 0 Å². The van der Waals surface area contributed by atoms with E-state index in [2.05, 4.69) is 21.2 Å². The van der Waals surface area contributed by atoms with Gasteiger partial charge in [-0.25, -0.2) is 4.39 Å². The van der Waals surface area contributed by atoms with E-state index in [4.69, 9.17) is 0 Å². The lowest BCUT2D eigenvalue weighted by molar-refractivity contribution is 0.613. The maximum atomic E-state index is 13.4. The van der Waals surface area contributed by atoms with Gasteiger partial charge in [-0.3, -0.25) is 0 Å². The van der Waals surface area contributed by atoms with Gasteiger partial charge in [0.15, 0.2) is 0 Å². The van der Waals surface area contributed by atoms with Crippen molar-refractivity contribution in [3.05, 3.63) is 63.9 Å². The molecule has 1 N–H and O–H groups in total. The van der Waals surface area contributed by atoms with Crippen LogP contribution in [0.3, 0.4) is 0 Å². The summed E-state index contributed by atoms with van der Waals surface area (Å²) in [5.74, 6) is -0.174. The molecule has 0 aromatic heterocycles. The fraction of sp³-hybridized carbons (Fsp3) is 0.143. The van der Waals surface area contributed by atoms with Crippen LogP contribution in [0.1, 0.15) is 11.1 Å². The number of rotatable bonds is 3. The van der Waals surface area contributed by atoms with Gasteiger partial charge in [-0.15, -0.1) is 0 Å². The summed E-state index contributed by atoms with van der Waals surface area (Å²) >= 11 is 3.44. The Bertz CT molecular complexity index is 505. The number of aryl methyl sites for hydroxylation is 1. The van der Waals surface area contributed by atoms with Crippen molar-refractivity contribution in [3.8, 4) is 0 Å². The molecule has 0 spiro atoms. The second kappa shape index (κ2) is 5.32. The van der Waals surface area contributed by atoms with Gasteiger partial charge in [0.1, 0.15) is 5.82 Å². The summed E-state index contributed by atoms with van der Waals surface area (Å²) in [5, 5.41) is 3.21. The average molecular weight is 294 g/mol. The molecule has 0 bridgehead atoms. The van der Waals surface area contributed by atoms with Crippen molar-refractivity contribution in [2.75, 3.05) is 5.32 Å². The van der Waals surface area contributed by atoms with Crippen LogP contribution < -0.4 is 5.32 Å². The van der Waals surface area contributed by atoms with Gasteiger partial charge in [0, 0.05) is 22.3 Å².